The molecular weight excluding hydrogens is 448 g/mol. The van der Waals surface area contributed by atoms with Crippen molar-refractivity contribution in [2.24, 2.45) is 11.8 Å². The van der Waals surface area contributed by atoms with Crippen LogP contribution in [0, 0.1) is 18.8 Å². The zero-order valence-electron chi connectivity index (χ0n) is 22.1. The minimum atomic E-state index is 0.115. The Morgan fingerprint density at radius 2 is 1.75 bits per heavy atom. The van der Waals surface area contributed by atoms with E-state index in [0.29, 0.717) is 17.5 Å². The number of rotatable bonds is 8. The molecule has 0 N–H and O–H groups in total. The summed E-state index contributed by atoms with van der Waals surface area (Å²) in [6.45, 7) is 4.76. The summed E-state index contributed by atoms with van der Waals surface area (Å²) in [4.78, 5) is 37.2. The summed E-state index contributed by atoms with van der Waals surface area (Å²) in [6, 6.07) is 8.89. The third kappa shape index (κ3) is 5.34. The summed E-state index contributed by atoms with van der Waals surface area (Å²) in [7, 11) is 4.31. The average Bonchev–Trinajstić information content (AvgIpc) is 3.56. The molecule has 2 saturated carbocycles. The Kier molecular flexibility index (Phi) is 7.42. The molecule has 3 fully saturated rings. The van der Waals surface area contributed by atoms with Crippen LogP contribution in [0.5, 0.6) is 0 Å². The second-order valence-corrected chi connectivity index (χ2v) is 11.3. The number of hydrogen-bond donors (Lipinski definition) is 0. The third-order valence-corrected chi connectivity index (χ3v) is 8.55. The van der Waals surface area contributed by atoms with Crippen molar-refractivity contribution in [3.8, 4) is 11.1 Å². The van der Waals surface area contributed by atoms with Gasteiger partial charge in [0.15, 0.2) is 0 Å². The number of pyridine rings is 1. The fraction of sp³-hybridized carbons (Fsp3) is 0.567. The summed E-state index contributed by atoms with van der Waals surface area (Å²) in [6.07, 6.45) is 11.7. The number of piperidine rings is 1. The summed E-state index contributed by atoms with van der Waals surface area (Å²) >= 11 is 0. The van der Waals surface area contributed by atoms with E-state index in [-0.39, 0.29) is 11.8 Å². The minimum absolute atomic E-state index is 0.115. The molecule has 2 aromatic rings. The lowest BCUT2D eigenvalue weighted by atomic mass is 9.97. The average molecular weight is 489 g/mol. The van der Waals surface area contributed by atoms with Crippen LogP contribution >= 0.6 is 0 Å². The standard InChI is InChI=1S/C30H40N4O2/c1-21-26(20-35)16-25(17-28(21)34(19-22-8-9-22)30(36)23-6-4-5-7-23)24-10-11-29(31-18-24)33-14-12-27(13-15-33)32(2)3/h10-11,16-18,20,22-23,27H,4-9,12-15,19H2,1-3H3. The van der Waals surface area contributed by atoms with E-state index in [1.54, 1.807) is 0 Å². The number of aromatic nitrogens is 1. The summed E-state index contributed by atoms with van der Waals surface area (Å²) < 4.78 is 0. The van der Waals surface area contributed by atoms with Gasteiger partial charge in [0, 0.05) is 54.6 Å². The van der Waals surface area contributed by atoms with Crippen molar-refractivity contribution in [1.29, 1.82) is 0 Å². The Balaban J connectivity index is 1.42. The summed E-state index contributed by atoms with van der Waals surface area (Å²) in [5.41, 5.74) is 4.37. The molecule has 3 aliphatic rings. The van der Waals surface area contributed by atoms with E-state index in [9.17, 15) is 9.59 Å². The monoisotopic (exact) mass is 488 g/mol. The highest BCUT2D eigenvalue weighted by atomic mass is 16.2. The van der Waals surface area contributed by atoms with Crippen LogP contribution in [-0.4, -0.2) is 61.8 Å². The van der Waals surface area contributed by atoms with E-state index in [4.69, 9.17) is 4.98 Å². The van der Waals surface area contributed by atoms with Gasteiger partial charge in [0.25, 0.3) is 0 Å². The molecule has 192 valence electrons. The predicted molar refractivity (Wildman–Crippen MR) is 146 cm³/mol. The van der Waals surface area contributed by atoms with Crippen molar-refractivity contribution < 1.29 is 9.59 Å². The maximum absolute atomic E-state index is 13.6. The predicted octanol–water partition coefficient (Wildman–Crippen LogP) is 5.33. The van der Waals surface area contributed by atoms with Gasteiger partial charge in [0.2, 0.25) is 5.91 Å². The molecule has 1 saturated heterocycles. The molecule has 5 rings (SSSR count). The van der Waals surface area contributed by atoms with E-state index in [1.807, 2.05) is 24.1 Å². The van der Waals surface area contributed by atoms with E-state index in [0.717, 1.165) is 92.6 Å². The van der Waals surface area contributed by atoms with Crippen LogP contribution in [0.4, 0.5) is 11.5 Å². The lowest BCUT2D eigenvalue weighted by molar-refractivity contribution is -0.122. The number of amides is 1. The highest BCUT2D eigenvalue weighted by Gasteiger charge is 2.33. The van der Waals surface area contributed by atoms with Gasteiger partial charge in [-0.15, -0.1) is 0 Å². The number of carbonyl (C=O) groups excluding carboxylic acids is 2. The van der Waals surface area contributed by atoms with E-state index in [2.05, 4.69) is 42.1 Å². The lowest BCUT2D eigenvalue weighted by Crippen LogP contribution is -2.42. The van der Waals surface area contributed by atoms with Crippen LogP contribution in [-0.2, 0) is 4.79 Å². The second-order valence-electron chi connectivity index (χ2n) is 11.3. The fourth-order valence-electron chi connectivity index (χ4n) is 5.90. The molecule has 0 atom stereocenters. The van der Waals surface area contributed by atoms with Crippen molar-refractivity contribution >= 4 is 23.7 Å². The lowest BCUT2D eigenvalue weighted by Gasteiger charge is -2.35. The van der Waals surface area contributed by atoms with Crippen LogP contribution in [0.1, 0.15) is 67.3 Å². The Hall–Kier alpha value is -2.73. The summed E-state index contributed by atoms with van der Waals surface area (Å²) in [5, 5.41) is 0. The largest absolute Gasteiger partial charge is 0.357 e. The molecule has 6 nitrogen and oxygen atoms in total. The van der Waals surface area contributed by atoms with Gasteiger partial charge >= 0.3 is 0 Å². The first kappa shape index (κ1) is 24.9. The third-order valence-electron chi connectivity index (χ3n) is 8.55. The molecule has 1 amide bonds. The van der Waals surface area contributed by atoms with E-state index >= 15 is 0 Å². The molecule has 1 aromatic heterocycles. The molecule has 0 radical (unpaired) electrons. The molecular formula is C30H40N4O2. The van der Waals surface area contributed by atoms with Crippen LogP contribution in [0.2, 0.25) is 0 Å². The van der Waals surface area contributed by atoms with E-state index < -0.39 is 0 Å². The number of nitrogens with zero attached hydrogens (tertiary/aromatic N) is 4. The molecule has 0 unspecified atom stereocenters. The second kappa shape index (κ2) is 10.7. The van der Waals surface area contributed by atoms with E-state index in [1.165, 1.54) is 12.8 Å². The number of anilines is 2. The van der Waals surface area contributed by atoms with Gasteiger partial charge in [-0.1, -0.05) is 12.8 Å². The SMILES string of the molecule is Cc1c(C=O)cc(-c2ccc(N3CCC(N(C)C)CC3)nc2)cc1N(CC1CC1)C(=O)C1CCCC1. The number of aldehydes is 1. The van der Waals surface area contributed by atoms with Crippen LogP contribution < -0.4 is 9.80 Å². The Labute approximate surface area is 215 Å². The fourth-order valence-corrected chi connectivity index (χ4v) is 5.90. The first-order valence-electron chi connectivity index (χ1n) is 13.7. The zero-order valence-corrected chi connectivity index (χ0v) is 22.1. The minimum Gasteiger partial charge on any atom is -0.357 e. The Morgan fingerprint density at radius 1 is 1.03 bits per heavy atom. The normalized spacial score (nSPS) is 19.2. The zero-order chi connectivity index (χ0) is 25.2. The van der Waals surface area contributed by atoms with Gasteiger partial charge in [0.1, 0.15) is 12.1 Å². The van der Waals surface area contributed by atoms with Crippen LogP contribution in [0.25, 0.3) is 11.1 Å². The van der Waals surface area contributed by atoms with Gasteiger partial charge < -0.3 is 14.7 Å². The van der Waals surface area contributed by atoms with Gasteiger partial charge in [-0.2, -0.15) is 0 Å². The van der Waals surface area contributed by atoms with Crippen molar-refractivity contribution in [2.45, 2.75) is 64.3 Å². The van der Waals surface area contributed by atoms with Crippen molar-refractivity contribution in [3.63, 3.8) is 0 Å². The highest BCUT2D eigenvalue weighted by molar-refractivity contribution is 5.98. The number of benzene rings is 1. The molecule has 36 heavy (non-hydrogen) atoms. The molecule has 0 spiro atoms. The molecule has 1 aromatic carbocycles. The summed E-state index contributed by atoms with van der Waals surface area (Å²) in [5.74, 6) is 1.94. The number of carbonyl (C=O) groups is 2. The highest BCUT2D eigenvalue weighted by Crippen LogP contribution is 2.38. The maximum atomic E-state index is 13.6. The van der Waals surface area contributed by atoms with Gasteiger partial charge in [-0.3, -0.25) is 9.59 Å². The molecule has 2 heterocycles. The van der Waals surface area contributed by atoms with Crippen molar-refractivity contribution in [3.05, 3.63) is 41.6 Å². The molecule has 0 bridgehead atoms. The van der Waals surface area contributed by atoms with Crippen molar-refractivity contribution in [1.82, 2.24) is 9.88 Å². The van der Waals surface area contributed by atoms with Crippen LogP contribution in [0.3, 0.4) is 0 Å². The first-order chi connectivity index (χ1) is 17.4. The van der Waals surface area contributed by atoms with Crippen molar-refractivity contribution in [2.75, 3.05) is 43.5 Å². The van der Waals surface area contributed by atoms with Crippen LogP contribution in [0.15, 0.2) is 30.5 Å². The number of hydrogen-bond acceptors (Lipinski definition) is 5. The quantitative estimate of drug-likeness (QED) is 0.470. The van der Waals surface area contributed by atoms with Gasteiger partial charge in [-0.05, 0) is 101 Å². The molecule has 6 heteroatoms. The smallest absolute Gasteiger partial charge is 0.230 e. The van der Waals surface area contributed by atoms with Gasteiger partial charge in [-0.25, -0.2) is 4.98 Å². The Bertz CT molecular complexity index is 1080. The first-order valence-corrected chi connectivity index (χ1v) is 13.7. The van der Waals surface area contributed by atoms with Gasteiger partial charge in [0.05, 0.1) is 0 Å². The molecule has 2 aliphatic carbocycles. The topological polar surface area (TPSA) is 56.8 Å². The molecule has 1 aliphatic heterocycles. The Morgan fingerprint density at radius 3 is 2.33 bits per heavy atom. The maximum Gasteiger partial charge on any atom is 0.230 e.